The summed E-state index contributed by atoms with van der Waals surface area (Å²) in [6.07, 6.45) is 77.7. The number of hydrogen-bond donors (Lipinski definition) is 0. The van der Waals surface area contributed by atoms with Crippen molar-refractivity contribution in [2.24, 2.45) is 0 Å². The third-order valence-electron chi connectivity index (χ3n) is 14.9. The van der Waals surface area contributed by atoms with E-state index in [1.165, 1.54) is 250 Å². The average Bonchev–Trinajstić information content (AvgIpc) is 3.40. The molecule has 74 heavy (non-hydrogen) atoms. The van der Waals surface area contributed by atoms with Crippen molar-refractivity contribution in [1.29, 1.82) is 0 Å². The van der Waals surface area contributed by atoms with Gasteiger partial charge in [0, 0.05) is 19.3 Å². The minimum atomic E-state index is -0.768. The summed E-state index contributed by atoms with van der Waals surface area (Å²) in [5.41, 5.74) is 0. The monoisotopic (exact) mass is 1040 g/mol. The highest BCUT2D eigenvalue weighted by molar-refractivity contribution is 5.71. The molecule has 0 amide bonds. The van der Waals surface area contributed by atoms with Crippen LogP contribution in [0.15, 0.2) is 36.5 Å². The summed E-state index contributed by atoms with van der Waals surface area (Å²) in [6, 6.07) is 0. The molecule has 0 radical (unpaired) electrons. The summed E-state index contributed by atoms with van der Waals surface area (Å²) in [4.78, 5) is 38.0. The van der Waals surface area contributed by atoms with Crippen LogP contribution in [0, 0.1) is 0 Å². The molecule has 0 saturated carbocycles. The normalized spacial score (nSPS) is 12.2. The Morgan fingerprint density at radius 1 is 0.270 bits per heavy atom. The van der Waals surface area contributed by atoms with Crippen LogP contribution < -0.4 is 0 Å². The van der Waals surface area contributed by atoms with E-state index in [0.29, 0.717) is 19.3 Å². The van der Waals surface area contributed by atoms with Gasteiger partial charge in [-0.2, -0.15) is 0 Å². The number of carbonyl (C=O) groups excluding carboxylic acids is 3. The van der Waals surface area contributed by atoms with Gasteiger partial charge >= 0.3 is 17.9 Å². The number of ether oxygens (including phenoxy) is 3. The maximum atomic E-state index is 12.9. The predicted molar refractivity (Wildman–Crippen MR) is 321 cm³/mol. The molecule has 0 aromatic rings. The maximum absolute atomic E-state index is 12.9. The molecule has 1 unspecified atom stereocenters. The van der Waals surface area contributed by atoms with E-state index in [1.54, 1.807) is 0 Å². The van der Waals surface area contributed by atoms with Crippen molar-refractivity contribution in [3.05, 3.63) is 36.5 Å². The SMILES string of the molecule is CCCCCCC/C=C\C/C=C\C/C=C\CCCCCCCCCCCCC(=O)OCC(COC(=O)CCCCCCCC)OC(=O)CCCCCCCCCCCCCCCCCCCCCCCCCCC. The molecule has 0 bridgehead atoms. The van der Waals surface area contributed by atoms with Crippen molar-refractivity contribution in [3.63, 3.8) is 0 Å². The van der Waals surface area contributed by atoms with E-state index < -0.39 is 6.10 Å². The Hall–Kier alpha value is -2.37. The average molecular weight is 1040 g/mol. The molecule has 0 spiro atoms. The fourth-order valence-corrected chi connectivity index (χ4v) is 9.92. The Morgan fingerprint density at radius 2 is 0.486 bits per heavy atom. The number of unbranched alkanes of at least 4 members (excludes halogenated alkanes) is 44. The second-order valence-electron chi connectivity index (χ2n) is 22.4. The van der Waals surface area contributed by atoms with Gasteiger partial charge in [0.05, 0.1) is 0 Å². The largest absolute Gasteiger partial charge is 0.462 e. The van der Waals surface area contributed by atoms with Crippen molar-refractivity contribution < 1.29 is 28.6 Å². The van der Waals surface area contributed by atoms with Gasteiger partial charge in [0.25, 0.3) is 0 Å². The van der Waals surface area contributed by atoms with Crippen LogP contribution >= 0.6 is 0 Å². The number of esters is 3. The van der Waals surface area contributed by atoms with Gasteiger partial charge in [-0.1, -0.05) is 320 Å². The fraction of sp³-hybridized carbons (Fsp3) is 0.868. The van der Waals surface area contributed by atoms with Crippen molar-refractivity contribution >= 4 is 17.9 Å². The first-order chi connectivity index (χ1) is 36.5. The first-order valence-corrected chi connectivity index (χ1v) is 33.0. The summed E-state index contributed by atoms with van der Waals surface area (Å²) in [5, 5.41) is 0. The Bertz CT molecular complexity index is 1240. The van der Waals surface area contributed by atoms with Gasteiger partial charge in [0.15, 0.2) is 6.10 Å². The van der Waals surface area contributed by atoms with Crippen molar-refractivity contribution in [3.8, 4) is 0 Å². The van der Waals surface area contributed by atoms with Crippen LogP contribution in [0.4, 0.5) is 0 Å². The minimum Gasteiger partial charge on any atom is -0.462 e. The molecule has 0 fully saturated rings. The molecule has 0 N–H and O–H groups in total. The van der Waals surface area contributed by atoms with Crippen LogP contribution in [0.3, 0.4) is 0 Å². The molecule has 434 valence electrons. The molecule has 1 atom stereocenters. The lowest BCUT2D eigenvalue weighted by molar-refractivity contribution is -0.167. The number of rotatable bonds is 61. The molecule has 6 heteroatoms. The minimum absolute atomic E-state index is 0.0696. The van der Waals surface area contributed by atoms with E-state index in [1.807, 2.05) is 0 Å². The third kappa shape index (κ3) is 60.5. The van der Waals surface area contributed by atoms with E-state index in [4.69, 9.17) is 14.2 Å². The summed E-state index contributed by atoms with van der Waals surface area (Å²) >= 11 is 0. The highest BCUT2D eigenvalue weighted by atomic mass is 16.6. The van der Waals surface area contributed by atoms with Crippen molar-refractivity contribution in [2.75, 3.05) is 13.2 Å². The van der Waals surface area contributed by atoms with Crippen LogP contribution in [0.2, 0.25) is 0 Å². The van der Waals surface area contributed by atoms with Crippen molar-refractivity contribution in [1.82, 2.24) is 0 Å². The van der Waals surface area contributed by atoms with Crippen LogP contribution in [0.1, 0.15) is 361 Å². The van der Waals surface area contributed by atoms with Crippen molar-refractivity contribution in [2.45, 2.75) is 367 Å². The third-order valence-corrected chi connectivity index (χ3v) is 14.9. The van der Waals surface area contributed by atoms with Gasteiger partial charge in [0.1, 0.15) is 13.2 Å². The highest BCUT2D eigenvalue weighted by Crippen LogP contribution is 2.18. The molecular formula is C68H126O6. The Balaban J connectivity index is 4.04. The number of hydrogen-bond acceptors (Lipinski definition) is 6. The second kappa shape index (κ2) is 63.2. The Labute approximate surface area is 461 Å². The van der Waals surface area contributed by atoms with E-state index in [0.717, 1.165) is 70.6 Å². The highest BCUT2D eigenvalue weighted by Gasteiger charge is 2.19. The molecule has 0 heterocycles. The quantitative estimate of drug-likeness (QED) is 0.0261. The maximum Gasteiger partial charge on any atom is 0.306 e. The first-order valence-electron chi connectivity index (χ1n) is 33.0. The zero-order chi connectivity index (χ0) is 53.6. The van der Waals surface area contributed by atoms with E-state index >= 15 is 0 Å². The van der Waals surface area contributed by atoms with Crippen LogP contribution in [0.5, 0.6) is 0 Å². The van der Waals surface area contributed by atoms with Gasteiger partial charge in [-0.3, -0.25) is 14.4 Å². The zero-order valence-corrected chi connectivity index (χ0v) is 49.9. The lowest BCUT2D eigenvalue weighted by Gasteiger charge is -2.18. The molecule has 0 rings (SSSR count). The lowest BCUT2D eigenvalue weighted by Crippen LogP contribution is -2.30. The number of carbonyl (C=O) groups is 3. The van der Waals surface area contributed by atoms with Crippen LogP contribution in [-0.2, 0) is 28.6 Å². The van der Waals surface area contributed by atoms with Gasteiger partial charge < -0.3 is 14.2 Å². The summed E-state index contributed by atoms with van der Waals surface area (Å²) in [5.74, 6) is -0.861. The van der Waals surface area contributed by atoms with Crippen LogP contribution in [-0.4, -0.2) is 37.2 Å². The summed E-state index contributed by atoms with van der Waals surface area (Å²) < 4.78 is 16.8. The van der Waals surface area contributed by atoms with Gasteiger partial charge in [-0.05, 0) is 57.8 Å². The lowest BCUT2D eigenvalue weighted by atomic mass is 10.0. The molecular weight excluding hydrogens is 913 g/mol. The van der Waals surface area contributed by atoms with E-state index in [-0.39, 0.29) is 31.1 Å². The molecule has 6 nitrogen and oxygen atoms in total. The second-order valence-corrected chi connectivity index (χ2v) is 22.4. The van der Waals surface area contributed by atoms with Crippen LogP contribution in [0.25, 0.3) is 0 Å². The molecule has 0 aliphatic rings. The predicted octanol–water partition coefficient (Wildman–Crippen LogP) is 22.4. The van der Waals surface area contributed by atoms with Gasteiger partial charge in [-0.25, -0.2) is 0 Å². The smallest absolute Gasteiger partial charge is 0.306 e. The summed E-state index contributed by atoms with van der Waals surface area (Å²) in [6.45, 7) is 6.63. The zero-order valence-electron chi connectivity index (χ0n) is 49.9. The van der Waals surface area contributed by atoms with E-state index in [9.17, 15) is 14.4 Å². The topological polar surface area (TPSA) is 78.9 Å². The molecule has 0 saturated heterocycles. The molecule has 0 aromatic carbocycles. The van der Waals surface area contributed by atoms with Gasteiger partial charge in [0.2, 0.25) is 0 Å². The fourth-order valence-electron chi connectivity index (χ4n) is 9.92. The number of allylic oxidation sites excluding steroid dienone is 6. The standard InChI is InChI=1S/C68H126O6/c1-4-7-10-13-16-18-20-22-24-26-28-30-32-34-36-38-40-42-44-46-48-50-52-55-58-61-67(70)73-64-65(63-72-66(69)60-57-54-15-12-9-6-3)74-68(71)62-59-56-53-51-49-47-45-43-41-39-37-35-33-31-29-27-25-23-21-19-17-14-11-8-5-2/h20,22,26,28,32,34,65H,4-19,21,23-25,27,29-31,33,35-64H2,1-3H3/b22-20-,28-26-,34-32-. The molecule has 0 aromatic heterocycles. The Morgan fingerprint density at radius 3 is 0.757 bits per heavy atom. The Kier molecular flexibility index (Phi) is 61.1. The van der Waals surface area contributed by atoms with E-state index in [2.05, 4.69) is 57.2 Å². The van der Waals surface area contributed by atoms with Gasteiger partial charge in [-0.15, -0.1) is 0 Å². The first kappa shape index (κ1) is 71.6. The molecule has 0 aliphatic heterocycles. The summed E-state index contributed by atoms with van der Waals surface area (Å²) in [7, 11) is 0. The molecule has 0 aliphatic carbocycles.